The number of alkyl halides is 1. The van der Waals surface area contributed by atoms with Gasteiger partial charge >= 0.3 is 0 Å². The fraction of sp³-hybridized carbons (Fsp3) is 0.500. The number of hydrogen-bond acceptors (Lipinski definition) is 2. The van der Waals surface area contributed by atoms with Crippen LogP contribution in [0, 0.1) is 5.82 Å². The highest BCUT2D eigenvalue weighted by Crippen LogP contribution is 2.22. The number of likely N-dealkylation sites (N-methyl/N-ethyl adjacent to an activating group) is 1. The highest BCUT2D eigenvalue weighted by Gasteiger charge is 2.07. The Morgan fingerprint density at radius 1 is 1.44 bits per heavy atom. The molecule has 0 radical (unpaired) electrons. The minimum absolute atomic E-state index is 0.252. The van der Waals surface area contributed by atoms with Crippen molar-refractivity contribution in [3.05, 3.63) is 29.6 Å². The van der Waals surface area contributed by atoms with Gasteiger partial charge in [-0.25, -0.2) is 4.39 Å². The van der Waals surface area contributed by atoms with Crippen LogP contribution < -0.4 is 4.90 Å². The maximum absolute atomic E-state index is 13.0. The molecule has 0 aliphatic heterocycles. The summed E-state index contributed by atoms with van der Waals surface area (Å²) in [6.07, 6.45) is 0. The van der Waals surface area contributed by atoms with Crippen molar-refractivity contribution in [1.29, 1.82) is 0 Å². The average molecular weight is 246 g/mol. The first-order valence-electron chi connectivity index (χ1n) is 5.32. The van der Waals surface area contributed by atoms with Crippen molar-refractivity contribution in [2.45, 2.75) is 12.8 Å². The van der Waals surface area contributed by atoms with E-state index in [2.05, 4.69) is 0 Å². The standard InChI is InChI=1S/C12H17ClFNO/c1-3-16-7-6-15(2)12-5-4-11(14)8-10(12)9-13/h4-5,8H,3,6-7,9H2,1-2H3. The van der Waals surface area contributed by atoms with E-state index < -0.39 is 0 Å². The molecule has 2 nitrogen and oxygen atoms in total. The summed E-state index contributed by atoms with van der Waals surface area (Å²) in [6, 6.07) is 4.67. The van der Waals surface area contributed by atoms with Gasteiger partial charge in [-0.2, -0.15) is 0 Å². The number of anilines is 1. The molecule has 0 bridgehead atoms. The quantitative estimate of drug-likeness (QED) is 0.564. The molecule has 16 heavy (non-hydrogen) atoms. The van der Waals surface area contributed by atoms with E-state index in [0.29, 0.717) is 19.1 Å². The normalized spacial score (nSPS) is 10.5. The third-order valence-corrected chi connectivity index (χ3v) is 2.66. The Hall–Kier alpha value is -0.800. The molecule has 0 heterocycles. The van der Waals surface area contributed by atoms with E-state index in [-0.39, 0.29) is 5.82 Å². The summed E-state index contributed by atoms with van der Waals surface area (Å²) in [5.41, 5.74) is 1.76. The molecule has 0 saturated carbocycles. The molecule has 0 aromatic heterocycles. The van der Waals surface area contributed by atoms with Gasteiger partial charge in [-0.1, -0.05) is 0 Å². The van der Waals surface area contributed by atoms with Crippen molar-refractivity contribution in [2.24, 2.45) is 0 Å². The second-order valence-electron chi connectivity index (χ2n) is 3.53. The maximum Gasteiger partial charge on any atom is 0.123 e. The van der Waals surface area contributed by atoms with Crippen LogP contribution in [0.4, 0.5) is 10.1 Å². The Morgan fingerprint density at radius 3 is 2.81 bits per heavy atom. The minimum atomic E-state index is -0.252. The smallest absolute Gasteiger partial charge is 0.123 e. The van der Waals surface area contributed by atoms with E-state index in [1.54, 1.807) is 6.07 Å². The van der Waals surface area contributed by atoms with Crippen molar-refractivity contribution >= 4 is 17.3 Å². The molecular formula is C12H17ClFNO. The van der Waals surface area contributed by atoms with Crippen LogP contribution in [0.5, 0.6) is 0 Å². The lowest BCUT2D eigenvalue weighted by molar-refractivity contribution is 0.154. The summed E-state index contributed by atoms with van der Waals surface area (Å²) in [7, 11) is 1.95. The molecule has 0 saturated heterocycles. The van der Waals surface area contributed by atoms with Gasteiger partial charge in [0.25, 0.3) is 0 Å². The van der Waals surface area contributed by atoms with Crippen molar-refractivity contribution in [2.75, 3.05) is 31.7 Å². The first kappa shape index (κ1) is 13.3. The van der Waals surface area contributed by atoms with E-state index in [1.165, 1.54) is 12.1 Å². The third kappa shape index (κ3) is 3.65. The summed E-state index contributed by atoms with van der Waals surface area (Å²) in [6.45, 7) is 4.09. The fourth-order valence-electron chi connectivity index (χ4n) is 1.50. The first-order valence-corrected chi connectivity index (χ1v) is 5.85. The summed E-state index contributed by atoms with van der Waals surface area (Å²) in [5, 5.41) is 0. The van der Waals surface area contributed by atoms with Gasteiger partial charge in [0.05, 0.1) is 6.61 Å². The second-order valence-corrected chi connectivity index (χ2v) is 3.79. The molecule has 1 rings (SSSR count). The van der Waals surface area contributed by atoms with Crippen LogP contribution >= 0.6 is 11.6 Å². The largest absolute Gasteiger partial charge is 0.380 e. The summed E-state index contributed by atoms with van der Waals surface area (Å²) in [4.78, 5) is 2.02. The summed E-state index contributed by atoms with van der Waals surface area (Å²) in [5.74, 6) is 0.0594. The van der Waals surface area contributed by atoms with Crippen molar-refractivity contribution < 1.29 is 9.13 Å². The van der Waals surface area contributed by atoms with Crippen LogP contribution in [0.1, 0.15) is 12.5 Å². The Labute approximate surface area is 101 Å². The number of nitrogens with zero attached hydrogens (tertiary/aromatic N) is 1. The summed E-state index contributed by atoms with van der Waals surface area (Å²) < 4.78 is 18.3. The zero-order chi connectivity index (χ0) is 12.0. The second kappa shape index (κ2) is 6.71. The van der Waals surface area contributed by atoms with Crippen LogP contribution in [0.3, 0.4) is 0 Å². The van der Waals surface area contributed by atoms with Gasteiger partial charge in [0.1, 0.15) is 5.82 Å². The molecule has 0 aliphatic carbocycles. The molecule has 4 heteroatoms. The zero-order valence-electron chi connectivity index (χ0n) is 9.67. The van der Waals surface area contributed by atoms with Crippen LogP contribution in [0.15, 0.2) is 18.2 Å². The predicted octanol–water partition coefficient (Wildman–Crippen LogP) is 3.04. The highest BCUT2D eigenvalue weighted by atomic mass is 35.5. The minimum Gasteiger partial charge on any atom is -0.380 e. The third-order valence-electron chi connectivity index (χ3n) is 2.37. The number of rotatable bonds is 6. The SMILES string of the molecule is CCOCCN(C)c1ccc(F)cc1CCl. The Morgan fingerprint density at radius 2 is 2.19 bits per heavy atom. The molecule has 0 N–H and O–H groups in total. The van der Waals surface area contributed by atoms with Crippen LogP contribution in [0.2, 0.25) is 0 Å². The van der Waals surface area contributed by atoms with E-state index in [1.807, 2.05) is 18.9 Å². The predicted molar refractivity (Wildman–Crippen MR) is 65.7 cm³/mol. The number of ether oxygens (including phenoxy) is 1. The van der Waals surface area contributed by atoms with Crippen LogP contribution in [-0.4, -0.2) is 26.8 Å². The van der Waals surface area contributed by atoms with E-state index >= 15 is 0 Å². The van der Waals surface area contributed by atoms with Crippen LogP contribution in [-0.2, 0) is 10.6 Å². The number of halogens is 2. The Balaban J connectivity index is 2.70. The maximum atomic E-state index is 13.0. The number of benzene rings is 1. The molecule has 0 unspecified atom stereocenters. The van der Waals surface area contributed by atoms with Gasteiger partial charge in [0, 0.05) is 31.8 Å². The number of hydrogen-bond donors (Lipinski definition) is 0. The molecule has 0 fully saturated rings. The van der Waals surface area contributed by atoms with Gasteiger partial charge in [-0.3, -0.25) is 0 Å². The molecule has 90 valence electrons. The van der Waals surface area contributed by atoms with Crippen molar-refractivity contribution in [3.63, 3.8) is 0 Å². The fourth-order valence-corrected chi connectivity index (χ4v) is 1.71. The van der Waals surface area contributed by atoms with Gasteiger partial charge in [0.2, 0.25) is 0 Å². The van der Waals surface area contributed by atoms with E-state index in [4.69, 9.17) is 16.3 Å². The van der Waals surface area contributed by atoms with Crippen molar-refractivity contribution in [1.82, 2.24) is 0 Å². The lowest BCUT2D eigenvalue weighted by Crippen LogP contribution is -2.23. The van der Waals surface area contributed by atoms with Crippen molar-refractivity contribution in [3.8, 4) is 0 Å². The van der Waals surface area contributed by atoms with E-state index in [0.717, 1.165) is 17.8 Å². The topological polar surface area (TPSA) is 12.5 Å². The monoisotopic (exact) mass is 245 g/mol. The van der Waals surface area contributed by atoms with E-state index in [9.17, 15) is 4.39 Å². The lowest BCUT2D eigenvalue weighted by Gasteiger charge is -2.21. The zero-order valence-corrected chi connectivity index (χ0v) is 10.4. The van der Waals surface area contributed by atoms with Gasteiger partial charge in [-0.05, 0) is 30.7 Å². The highest BCUT2D eigenvalue weighted by molar-refractivity contribution is 6.17. The summed E-state index contributed by atoms with van der Waals surface area (Å²) >= 11 is 5.78. The average Bonchev–Trinajstić information content (AvgIpc) is 2.29. The lowest BCUT2D eigenvalue weighted by atomic mass is 10.2. The molecule has 0 spiro atoms. The van der Waals surface area contributed by atoms with Gasteiger partial charge in [0.15, 0.2) is 0 Å². The Kier molecular flexibility index (Phi) is 5.56. The first-order chi connectivity index (χ1) is 7.69. The Bertz CT molecular complexity index is 333. The van der Waals surface area contributed by atoms with Gasteiger partial charge < -0.3 is 9.64 Å². The molecule has 1 aromatic rings. The molecular weight excluding hydrogens is 229 g/mol. The molecule has 0 atom stereocenters. The molecule has 0 amide bonds. The van der Waals surface area contributed by atoms with Crippen LogP contribution in [0.25, 0.3) is 0 Å². The molecule has 0 aliphatic rings. The molecule has 1 aromatic carbocycles. The van der Waals surface area contributed by atoms with Gasteiger partial charge in [-0.15, -0.1) is 11.6 Å².